The first-order valence-corrected chi connectivity index (χ1v) is 7.95. The van der Waals surface area contributed by atoms with E-state index in [9.17, 15) is 4.39 Å². The van der Waals surface area contributed by atoms with Crippen LogP contribution in [0.4, 0.5) is 4.39 Å². The maximum Gasteiger partial charge on any atom is 0.142 e. The maximum absolute atomic E-state index is 13.6. The number of halogens is 2. The van der Waals surface area contributed by atoms with Crippen molar-refractivity contribution >= 4 is 11.6 Å². The number of benzene rings is 1. The standard InChI is InChI=1S/C17H27ClFN/c1-5-17(6-2,12-20-11-13(3)4)10-14-7-8-15(18)16(19)9-14/h7-9,13,20H,5-6,10-12H2,1-4H3. The Bertz CT molecular complexity index is 413. The monoisotopic (exact) mass is 299 g/mol. The highest BCUT2D eigenvalue weighted by atomic mass is 35.5. The summed E-state index contributed by atoms with van der Waals surface area (Å²) in [5.41, 5.74) is 1.22. The van der Waals surface area contributed by atoms with Gasteiger partial charge in [-0.3, -0.25) is 0 Å². The molecule has 0 amide bonds. The summed E-state index contributed by atoms with van der Waals surface area (Å²) in [6.07, 6.45) is 3.05. The van der Waals surface area contributed by atoms with Gasteiger partial charge in [0.2, 0.25) is 0 Å². The van der Waals surface area contributed by atoms with Crippen LogP contribution in [-0.2, 0) is 6.42 Å². The summed E-state index contributed by atoms with van der Waals surface area (Å²) in [5.74, 6) is 0.329. The number of hydrogen-bond acceptors (Lipinski definition) is 1. The van der Waals surface area contributed by atoms with Crippen LogP contribution in [0, 0.1) is 17.2 Å². The third kappa shape index (κ3) is 5.06. The van der Waals surface area contributed by atoms with Crippen molar-refractivity contribution in [2.75, 3.05) is 13.1 Å². The largest absolute Gasteiger partial charge is 0.316 e. The molecule has 0 aromatic heterocycles. The smallest absolute Gasteiger partial charge is 0.142 e. The van der Waals surface area contributed by atoms with E-state index in [1.165, 1.54) is 0 Å². The average Bonchev–Trinajstić information content (AvgIpc) is 2.41. The molecule has 0 atom stereocenters. The van der Waals surface area contributed by atoms with Crippen molar-refractivity contribution in [3.8, 4) is 0 Å². The fraction of sp³-hybridized carbons (Fsp3) is 0.647. The Morgan fingerprint density at radius 1 is 1.25 bits per heavy atom. The Labute approximate surface area is 127 Å². The molecule has 1 aromatic rings. The van der Waals surface area contributed by atoms with Crippen molar-refractivity contribution in [3.63, 3.8) is 0 Å². The third-order valence-electron chi connectivity index (χ3n) is 4.12. The number of rotatable bonds is 8. The summed E-state index contributed by atoms with van der Waals surface area (Å²) < 4.78 is 13.6. The van der Waals surface area contributed by atoms with Crippen molar-refractivity contribution in [2.45, 2.75) is 47.0 Å². The van der Waals surface area contributed by atoms with Crippen molar-refractivity contribution in [3.05, 3.63) is 34.6 Å². The molecule has 0 bridgehead atoms. The second-order valence-electron chi connectivity index (χ2n) is 6.16. The number of hydrogen-bond donors (Lipinski definition) is 1. The second kappa shape index (κ2) is 7.99. The van der Waals surface area contributed by atoms with Gasteiger partial charge in [-0.1, -0.05) is 45.4 Å². The lowest BCUT2D eigenvalue weighted by Gasteiger charge is -2.33. The molecule has 1 aromatic carbocycles. The van der Waals surface area contributed by atoms with E-state index in [-0.39, 0.29) is 16.3 Å². The van der Waals surface area contributed by atoms with Crippen LogP contribution >= 0.6 is 11.6 Å². The Morgan fingerprint density at radius 3 is 2.40 bits per heavy atom. The van der Waals surface area contributed by atoms with Crippen LogP contribution < -0.4 is 5.32 Å². The maximum atomic E-state index is 13.6. The zero-order chi connectivity index (χ0) is 15.2. The quantitative estimate of drug-likeness (QED) is 0.706. The SMILES string of the molecule is CCC(CC)(CNCC(C)C)Cc1ccc(Cl)c(F)c1. The predicted molar refractivity (Wildman–Crippen MR) is 85.8 cm³/mol. The summed E-state index contributed by atoms with van der Waals surface area (Å²) in [6, 6.07) is 5.17. The fourth-order valence-electron chi connectivity index (χ4n) is 2.52. The van der Waals surface area contributed by atoms with E-state index < -0.39 is 0 Å². The second-order valence-corrected chi connectivity index (χ2v) is 6.56. The molecule has 0 aliphatic carbocycles. The molecule has 1 N–H and O–H groups in total. The molecule has 0 radical (unpaired) electrons. The minimum atomic E-state index is -0.319. The lowest BCUT2D eigenvalue weighted by molar-refractivity contribution is 0.243. The van der Waals surface area contributed by atoms with Crippen molar-refractivity contribution in [2.24, 2.45) is 11.3 Å². The summed E-state index contributed by atoms with van der Waals surface area (Å²) >= 11 is 5.75. The zero-order valence-electron chi connectivity index (χ0n) is 13.1. The van der Waals surface area contributed by atoms with E-state index in [0.29, 0.717) is 5.92 Å². The highest BCUT2D eigenvalue weighted by molar-refractivity contribution is 6.30. The average molecular weight is 300 g/mol. The first-order valence-electron chi connectivity index (χ1n) is 7.57. The van der Waals surface area contributed by atoms with Gasteiger partial charge in [-0.05, 0) is 54.8 Å². The van der Waals surface area contributed by atoms with E-state index in [0.717, 1.165) is 37.9 Å². The normalized spacial score (nSPS) is 12.2. The van der Waals surface area contributed by atoms with Crippen LogP contribution in [-0.4, -0.2) is 13.1 Å². The molecule has 1 rings (SSSR count). The predicted octanol–water partition coefficient (Wildman–Crippen LogP) is 5.07. The summed E-state index contributed by atoms with van der Waals surface area (Å²) in [4.78, 5) is 0. The van der Waals surface area contributed by atoms with Gasteiger partial charge in [0.1, 0.15) is 5.82 Å². The van der Waals surface area contributed by atoms with Crippen LogP contribution in [0.25, 0.3) is 0 Å². The molecule has 0 fully saturated rings. The van der Waals surface area contributed by atoms with Gasteiger partial charge in [-0.25, -0.2) is 4.39 Å². The van der Waals surface area contributed by atoms with E-state index in [1.54, 1.807) is 12.1 Å². The van der Waals surface area contributed by atoms with E-state index in [1.807, 2.05) is 6.07 Å². The van der Waals surface area contributed by atoms with E-state index in [4.69, 9.17) is 11.6 Å². The van der Waals surface area contributed by atoms with Crippen LogP contribution in [0.3, 0.4) is 0 Å². The molecule has 0 saturated heterocycles. The minimum Gasteiger partial charge on any atom is -0.316 e. The van der Waals surface area contributed by atoms with E-state index in [2.05, 4.69) is 33.0 Å². The topological polar surface area (TPSA) is 12.0 Å². The van der Waals surface area contributed by atoms with Gasteiger partial charge < -0.3 is 5.32 Å². The first kappa shape index (κ1) is 17.5. The Morgan fingerprint density at radius 2 is 1.90 bits per heavy atom. The van der Waals surface area contributed by atoms with Gasteiger partial charge in [0.05, 0.1) is 5.02 Å². The first-order chi connectivity index (χ1) is 9.42. The Kier molecular flexibility index (Phi) is 6.97. The summed E-state index contributed by atoms with van der Waals surface area (Å²) in [5, 5.41) is 3.75. The molecule has 0 saturated carbocycles. The molecule has 3 heteroatoms. The zero-order valence-corrected chi connectivity index (χ0v) is 13.9. The van der Waals surface area contributed by atoms with Gasteiger partial charge in [0, 0.05) is 6.54 Å². The Balaban J connectivity index is 2.76. The molecular weight excluding hydrogens is 273 g/mol. The molecule has 0 unspecified atom stereocenters. The number of nitrogens with one attached hydrogen (secondary N) is 1. The minimum absolute atomic E-state index is 0.190. The fourth-order valence-corrected chi connectivity index (χ4v) is 2.64. The molecule has 20 heavy (non-hydrogen) atoms. The van der Waals surface area contributed by atoms with Gasteiger partial charge in [0.25, 0.3) is 0 Å². The van der Waals surface area contributed by atoms with Crippen molar-refractivity contribution in [1.82, 2.24) is 5.32 Å². The highest BCUT2D eigenvalue weighted by Gasteiger charge is 2.26. The summed E-state index contributed by atoms with van der Waals surface area (Å²) in [7, 11) is 0. The lowest BCUT2D eigenvalue weighted by Crippen LogP contribution is -2.37. The molecule has 0 aliphatic heterocycles. The molecule has 0 heterocycles. The van der Waals surface area contributed by atoms with Crippen LogP contribution in [0.1, 0.15) is 46.1 Å². The summed E-state index contributed by atoms with van der Waals surface area (Å²) in [6.45, 7) is 10.8. The van der Waals surface area contributed by atoms with Crippen LogP contribution in [0.5, 0.6) is 0 Å². The molecule has 0 aliphatic rings. The highest BCUT2D eigenvalue weighted by Crippen LogP contribution is 2.31. The third-order valence-corrected chi connectivity index (χ3v) is 4.42. The lowest BCUT2D eigenvalue weighted by atomic mass is 9.77. The van der Waals surface area contributed by atoms with Gasteiger partial charge in [-0.2, -0.15) is 0 Å². The van der Waals surface area contributed by atoms with Crippen LogP contribution in [0.15, 0.2) is 18.2 Å². The van der Waals surface area contributed by atoms with Gasteiger partial charge in [0.15, 0.2) is 0 Å². The van der Waals surface area contributed by atoms with Gasteiger partial charge in [-0.15, -0.1) is 0 Å². The van der Waals surface area contributed by atoms with Crippen molar-refractivity contribution < 1.29 is 4.39 Å². The molecular formula is C17H27ClFN. The Hall–Kier alpha value is -0.600. The van der Waals surface area contributed by atoms with E-state index >= 15 is 0 Å². The molecule has 0 spiro atoms. The van der Waals surface area contributed by atoms with Gasteiger partial charge >= 0.3 is 0 Å². The van der Waals surface area contributed by atoms with Crippen molar-refractivity contribution in [1.29, 1.82) is 0 Å². The molecule has 1 nitrogen and oxygen atoms in total. The molecule has 114 valence electrons. The van der Waals surface area contributed by atoms with Crippen LogP contribution in [0.2, 0.25) is 5.02 Å².